The summed E-state index contributed by atoms with van der Waals surface area (Å²) >= 11 is 0. The molecule has 8 heteroatoms. The number of carbonyl (C=O) groups is 2. The maximum Gasteiger partial charge on any atom is 0.338 e. The van der Waals surface area contributed by atoms with Crippen LogP contribution in [-0.2, 0) is 9.53 Å². The summed E-state index contributed by atoms with van der Waals surface area (Å²) in [6.07, 6.45) is 1.45. The van der Waals surface area contributed by atoms with Gasteiger partial charge in [-0.05, 0) is 55.5 Å². The lowest BCUT2D eigenvalue weighted by atomic mass is 10.1. The lowest BCUT2D eigenvalue weighted by molar-refractivity contribution is -0.125. The number of rotatable bonds is 4. The van der Waals surface area contributed by atoms with Crippen LogP contribution in [0, 0.1) is 0 Å². The van der Waals surface area contributed by atoms with Crippen molar-refractivity contribution >= 4 is 11.9 Å². The van der Waals surface area contributed by atoms with E-state index in [2.05, 4.69) is 20.8 Å². The van der Waals surface area contributed by atoms with Crippen molar-refractivity contribution < 1.29 is 14.3 Å². The van der Waals surface area contributed by atoms with Crippen molar-refractivity contribution in [1.82, 2.24) is 25.5 Å². The molecule has 1 aromatic carbocycles. The van der Waals surface area contributed by atoms with Crippen molar-refractivity contribution in [1.29, 1.82) is 0 Å². The van der Waals surface area contributed by atoms with E-state index in [4.69, 9.17) is 4.74 Å². The molecule has 2 rings (SSSR count). The molecule has 2 aromatic rings. The molecule has 8 nitrogen and oxygen atoms in total. The Hall–Kier alpha value is -2.77. The maximum absolute atomic E-state index is 11.9. The van der Waals surface area contributed by atoms with Gasteiger partial charge in [0.1, 0.15) is 6.33 Å². The number of nitrogens with zero attached hydrogens (tertiary/aromatic N) is 4. The molecule has 0 aliphatic heterocycles. The number of aromatic nitrogens is 4. The van der Waals surface area contributed by atoms with Gasteiger partial charge in [-0.2, -0.15) is 0 Å². The first-order valence-electron chi connectivity index (χ1n) is 6.67. The van der Waals surface area contributed by atoms with Gasteiger partial charge in [0.15, 0.2) is 6.61 Å². The molecule has 116 valence electrons. The number of benzene rings is 1. The summed E-state index contributed by atoms with van der Waals surface area (Å²) in [6, 6.07) is 6.53. The van der Waals surface area contributed by atoms with Gasteiger partial charge < -0.3 is 10.1 Å². The Labute approximate surface area is 127 Å². The summed E-state index contributed by atoms with van der Waals surface area (Å²) in [7, 11) is 0. The molecule has 0 aliphatic carbocycles. The Kier molecular flexibility index (Phi) is 4.50. The van der Waals surface area contributed by atoms with Crippen LogP contribution in [0.1, 0.15) is 31.1 Å². The minimum atomic E-state index is -0.563. The first kappa shape index (κ1) is 15.6. The second-order valence-electron chi connectivity index (χ2n) is 5.68. The Morgan fingerprint density at radius 1 is 1.23 bits per heavy atom. The van der Waals surface area contributed by atoms with E-state index in [0.29, 0.717) is 11.3 Å². The van der Waals surface area contributed by atoms with Crippen LogP contribution in [-0.4, -0.2) is 44.2 Å². The zero-order chi connectivity index (χ0) is 16.2. The van der Waals surface area contributed by atoms with E-state index < -0.39 is 5.97 Å². The monoisotopic (exact) mass is 303 g/mol. The highest BCUT2D eigenvalue weighted by atomic mass is 16.5. The molecule has 0 atom stereocenters. The molecule has 22 heavy (non-hydrogen) atoms. The molecule has 0 unspecified atom stereocenters. The Morgan fingerprint density at radius 3 is 2.45 bits per heavy atom. The molecule has 0 fully saturated rings. The van der Waals surface area contributed by atoms with Crippen LogP contribution in [0.25, 0.3) is 5.69 Å². The number of hydrogen-bond donors (Lipinski definition) is 1. The van der Waals surface area contributed by atoms with Crippen LogP contribution < -0.4 is 5.32 Å². The minimum absolute atomic E-state index is 0.315. The number of nitrogens with one attached hydrogen (secondary N) is 1. The van der Waals surface area contributed by atoms with E-state index in [1.54, 1.807) is 24.3 Å². The van der Waals surface area contributed by atoms with Crippen LogP contribution >= 0.6 is 0 Å². The molecule has 0 saturated carbocycles. The second-order valence-corrected chi connectivity index (χ2v) is 5.68. The standard InChI is InChI=1S/C14H17N5O3/c1-14(2,3)16-12(20)8-22-13(21)10-4-6-11(7-5-10)19-9-15-17-18-19/h4-7,9H,8H2,1-3H3,(H,16,20). The van der Waals surface area contributed by atoms with E-state index >= 15 is 0 Å². The van der Waals surface area contributed by atoms with Crippen molar-refractivity contribution in [2.45, 2.75) is 26.3 Å². The van der Waals surface area contributed by atoms with Crippen molar-refractivity contribution in [3.05, 3.63) is 36.2 Å². The number of ether oxygens (including phenoxy) is 1. The molecule has 0 radical (unpaired) electrons. The summed E-state index contributed by atoms with van der Waals surface area (Å²) in [6.45, 7) is 5.24. The highest BCUT2D eigenvalue weighted by molar-refractivity contribution is 5.91. The largest absolute Gasteiger partial charge is 0.452 e. The Balaban J connectivity index is 1.92. The second kappa shape index (κ2) is 6.33. The molecule has 0 saturated heterocycles. The van der Waals surface area contributed by atoms with Crippen molar-refractivity contribution in [2.24, 2.45) is 0 Å². The summed E-state index contributed by atoms with van der Waals surface area (Å²) in [5.41, 5.74) is 0.698. The van der Waals surface area contributed by atoms with E-state index in [9.17, 15) is 9.59 Å². The normalized spacial score (nSPS) is 11.0. The molecular formula is C14H17N5O3. The summed E-state index contributed by atoms with van der Waals surface area (Å²) in [4.78, 5) is 23.5. The average molecular weight is 303 g/mol. The van der Waals surface area contributed by atoms with Gasteiger partial charge in [0.05, 0.1) is 11.3 Å². The van der Waals surface area contributed by atoms with Gasteiger partial charge in [0.25, 0.3) is 5.91 Å². The van der Waals surface area contributed by atoms with Gasteiger partial charge in [0, 0.05) is 5.54 Å². The smallest absolute Gasteiger partial charge is 0.338 e. The van der Waals surface area contributed by atoms with Crippen LogP contribution in [0.2, 0.25) is 0 Å². The number of hydrogen-bond acceptors (Lipinski definition) is 6. The number of esters is 1. The minimum Gasteiger partial charge on any atom is -0.452 e. The molecule has 1 amide bonds. The predicted octanol–water partition coefficient (Wildman–Crippen LogP) is 0.734. The molecule has 0 spiro atoms. The van der Waals surface area contributed by atoms with Crippen molar-refractivity contribution in [3.8, 4) is 5.69 Å². The fourth-order valence-electron chi connectivity index (χ4n) is 1.70. The van der Waals surface area contributed by atoms with E-state index in [0.717, 1.165) is 0 Å². The van der Waals surface area contributed by atoms with E-state index in [1.807, 2.05) is 20.8 Å². The highest BCUT2D eigenvalue weighted by Gasteiger charge is 2.16. The van der Waals surface area contributed by atoms with Crippen molar-refractivity contribution in [2.75, 3.05) is 6.61 Å². The first-order chi connectivity index (χ1) is 10.3. The summed E-state index contributed by atoms with van der Waals surface area (Å²) in [5, 5.41) is 13.5. The Bertz CT molecular complexity index is 644. The van der Waals surface area contributed by atoms with Gasteiger partial charge in [-0.3, -0.25) is 4.79 Å². The van der Waals surface area contributed by atoms with Gasteiger partial charge in [-0.1, -0.05) is 0 Å². The van der Waals surface area contributed by atoms with Gasteiger partial charge in [-0.15, -0.1) is 5.10 Å². The number of carbonyl (C=O) groups excluding carboxylic acids is 2. The molecular weight excluding hydrogens is 286 g/mol. The fourth-order valence-corrected chi connectivity index (χ4v) is 1.70. The van der Waals surface area contributed by atoms with E-state index in [1.165, 1.54) is 11.0 Å². The SMILES string of the molecule is CC(C)(C)NC(=O)COC(=O)c1ccc(-n2cnnn2)cc1. The molecule has 1 N–H and O–H groups in total. The molecule has 0 bridgehead atoms. The quantitative estimate of drug-likeness (QED) is 0.836. The molecule has 1 heterocycles. The lowest BCUT2D eigenvalue weighted by Gasteiger charge is -2.20. The summed E-state index contributed by atoms with van der Waals surface area (Å²) in [5.74, 6) is -0.904. The van der Waals surface area contributed by atoms with Crippen LogP contribution in [0.5, 0.6) is 0 Å². The van der Waals surface area contributed by atoms with Gasteiger partial charge in [-0.25, -0.2) is 9.48 Å². The van der Waals surface area contributed by atoms with Gasteiger partial charge >= 0.3 is 5.97 Å². The third kappa shape index (κ3) is 4.37. The van der Waals surface area contributed by atoms with E-state index in [-0.39, 0.29) is 18.1 Å². The predicted molar refractivity (Wildman–Crippen MR) is 77.3 cm³/mol. The lowest BCUT2D eigenvalue weighted by Crippen LogP contribution is -2.42. The summed E-state index contributed by atoms with van der Waals surface area (Å²) < 4.78 is 6.43. The highest BCUT2D eigenvalue weighted by Crippen LogP contribution is 2.09. The third-order valence-electron chi connectivity index (χ3n) is 2.57. The fraction of sp³-hybridized carbons (Fsp3) is 0.357. The zero-order valence-electron chi connectivity index (χ0n) is 12.6. The molecule has 1 aromatic heterocycles. The Morgan fingerprint density at radius 2 is 1.91 bits per heavy atom. The first-order valence-corrected chi connectivity index (χ1v) is 6.67. The topological polar surface area (TPSA) is 99.0 Å². The van der Waals surface area contributed by atoms with Crippen LogP contribution in [0.15, 0.2) is 30.6 Å². The van der Waals surface area contributed by atoms with Crippen molar-refractivity contribution in [3.63, 3.8) is 0 Å². The number of amides is 1. The third-order valence-corrected chi connectivity index (χ3v) is 2.57. The molecule has 0 aliphatic rings. The maximum atomic E-state index is 11.9. The number of tetrazole rings is 1. The average Bonchev–Trinajstić information content (AvgIpc) is 2.97. The zero-order valence-corrected chi connectivity index (χ0v) is 12.6. The van der Waals surface area contributed by atoms with Crippen LogP contribution in [0.3, 0.4) is 0 Å². The van der Waals surface area contributed by atoms with Crippen LogP contribution in [0.4, 0.5) is 0 Å². The van der Waals surface area contributed by atoms with Gasteiger partial charge in [0.2, 0.25) is 0 Å².